The third-order valence-electron chi connectivity index (χ3n) is 3.29. The first-order valence-corrected chi connectivity index (χ1v) is 5.71. The Kier molecular flexibility index (Phi) is 3.20. The Morgan fingerprint density at radius 2 is 2.00 bits per heavy atom. The summed E-state index contributed by atoms with van der Waals surface area (Å²) in [5.41, 5.74) is 1.26. The van der Waals surface area contributed by atoms with Crippen LogP contribution < -0.4 is 0 Å². The second-order valence-corrected chi connectivity index (χ2v) is 4.26. The van der Waals surface area contributed by atoms with Gasteiger partial charge in [-0.25, -0.2) is 0 Å². The van der Waals surface area contributed by atoms with Crippen molar-refractivity contribution in [2.45, 2.75) is 25.9 Å². The van der Waals surface area contributed by atoms with Gasteiger partial charge in [0.15, 0.2) is 5.78 Å². The van der Waals surface area contributed by atoms with Crippen molar-refractivity contribution in [2.75, 3.05) is 6.54 Å². The Labute approximate surface area is 96.6 Å². The van der Waals surface area contributed by atoms with Crippen LogP contribution in [0.5, 0.6) is 0 Å². The van der Waals surface area contributed by atoms with Gasteiger partial charge in [0, 0.05) is 12.6 Å². The number of benzene rings is 1. The molecule has 0 saturated heterocycles. The third-order valence-corrected chi connectivity index (χ3v) is 3.29. The molecule has 0 unspecified atom stereocenters. The molecule has 2 heteroatoms. The minimum atomic E-state index is -0.0137. The third kappa shape index (κ3) is 2.07. The number of rotatable bonds is 2. The van der Waals surface area contributed by atoms with Crippen LogP contribution in [0.2, 0.25) is 0 Å². The number of ketones is 1. The van der Waals surface area contributed by atoms with Crippen LogP contribution in [0.1, 0.15) is 25.5 Å². The minimum absolute atomic E-state index is 0.0137. The van der Waals surface area contributed by atoms with Gasteiger partial charge in [0.25, 0.3) is 0 Å². The number of hydrogen-bond acceptors (Lipinski definition) is 2. The van der Waals surface area contributed by atoms with E-state index in [0.29, 0.717) is 0 Å². The molecule has 0 spiro atoms. The molecular formula is C14H17NO. The molecule has 0 aliphatic carbocycles. The molecule has 0 amide bonds. The first-order chi connectivity index (χ1) is 7.70. The van der Waals surface area contributed by atoms with Crippen LogP contribution in [0, 0.1) is 0 Å². The Morgan fingerprint density at radius 1 is 1.31 bits per heavy atom. The van der Waals surface area contributed by atoms with Crippen molar-refractivity contribution in [3.8, 4) is 0 Å². The van der Waals surface area contributed by atoms with E-state index in [1.165, 1.54) is 5.56 Å². The molecule has 0 saturated carbocycles. The lowest BCUT2D eigenvalue weighted by atomic mass is 10.0. The average molecular weight is 215 g/mol. The summed E-state index contributed by atoms with van der Waals surface area (Å²) in [5, 5.41) is 0. The number of carbonyl (C=O) groups is 1. The largest absolute Gasteiger partial charge is 0.293 e. The van der Waals surface area contributed by atoms with Crippen molar-refractivity contribution in [3.05, 3.63) is 48.0 Å². The monoisotopic (exact) mass is 215 g/mol. The van der Waals surface area contributed by atoms with Gasteiger partial charge in [-0.1, -0.05) is 36.4 Å². The van der Waals surface area contributed by atoms with E-state index < -0.39 is 0 Å². The highest BCUT2D eigenvalue weighted by molar-refractivity contribution is 5.94. The first kappa shape index (κ1) is 11.1. The molecule has 0 bridgehead atoms. The van der Waals surface area contributed by atoms with Crippen LogP contribution in [0.3, 0.4) is 0 Å². The summed E-state index contributed by atoms with van der Waals surface area (Å²) in [6, 6.07) is 10.6. The molecule has 0 aromatic heterocycles. The summed E-state index contributed by atoms with van der Waals surface area (Å²) in [4.78, 5) is 13.8. The second-order valence-electron chi connectivity index (χ2n) is 4.26. The van der Waals surface area contributed by atoms with Crippen LogP contribution in [0.4, 0.5) is 0 Å². The van der Waals surface area contributed by atoms with Crippen LogP contribution in [0.15, 0.2) is 42.5 Å². The lowest BCUT2D eigenvalue weighted by molar-refractivity contribution is -0.120. The van der Waals surface area contributed by atoms with Gasteiger partial charge in [-0.05, 0) is 25.5 Å². The van der Waals surface area contributed by atoms with E-state index in [4.69, 9.17) is 0 Å². The minimum Gasteiger partial charge on any atom is -0.293 e. The van der Waals surface area contributed by atoms with Crippen molar-refractivity contribution in [1.82, 2.24) is 4.90 Å². The summed E-state index contributed by atoms with van der Waals surface area (Å²) in [7, 11) is 0. The van der Waals surface area contributed by atoms with Crippen molar-refractivity contribution >= 4 is 5.78 Å². The molecule has 1 heterocycles. The topological polar surface area (TPSA) is 20.3 Å². The maximum atomic E-state index is 11.6. The average Bonchev–Trinajstić information content (AvgIpc) is 2.33. The zero-order valence-electron chi connectivity index (χ0n) is 9.76. The normalized spacial score (nSPS) is 23.4. The second kappa shape index (κ2) is 4.62. The smallest absolute Gasteiger partial charge is 0.172 e. The van der Waals surface area contributed by atoms with Gasteiger partial charge >= 0.3 is 0 Å². The van der Waals surface area contributed by atoms with Crippen LogP contribution in [0.25, 0.3) is 0 Å². The summed E-state index contributed by atoms with van der Waals surface area (Å²) in [5.74, 6) is 0.203. The molecule has 1 aromatic rings. The highest BCUT2D eigenvalue weighted by Gasteiger charge is 2.26. The highest BCUT2D eigenvalue weighted by Crippen LogP contribution is 2.24. The van der Waals surface area contributed by atoms with E-state index in [0.717, 1.165) is 6.54 Å². The van der Waals surface area contributed by atoms with Gasteiger partial charge in [-0.2, -0.15) is 0 Å². The molecule has 1 aromatic carbocycles. The van der Waals surface area contributed by atoms with Crippen molar-refractivity contribution in [1.29, 1.82) is 0 Å². The van der Waals surface area contributed by atoms with Crippen LogP contribution in [-0.4, -0.2) is 23.3 Å². The number of nitrogens with zero attached hydrogens (tertiary/aromatic N) is 1. The van der Waals surface area contributed by atoms with Gasteiger partial charge in [0.05, 0.1) is 6.04 Å². The first-order valence-electron chi connectivity index (χ1n) is 5.71. The molecule has 0 N–H and O–H groups in total. The zero-order valence-corrected chi connectivity index (χ0v) is 9.76. The van der Waals surface area contributed by atoms with Gasteiger partial charge < -0.3 is 0 Å². The van der Waals surface area contributed by atoms with E-state index in [1.54, 1.807) is 6.08 Å². The zero-order chi connectivity index (χ0) is 11.5. The van der Waals surface area contributed by atoms with Gasteiger partial charge in [0.1, 0.15) is 0 Å². The van der Waals surface area contributed by atoms with Gasteiger partial charge in [0.2, 0.25) is 0 Å². The number of hydrogen-bond donors (Lipinski definition) is 0. The molecule has 1 aliphatic rings. The molecule has 2 rings (SSSR count). The predicted octanol–water partition coefficient (Wildman–Crippen LogP) is 2.58. The van der Waals surface area contributed by atoms with Gasteiger partial charge in [-0.15, -0.1) is 0 Å². The van der Waals surface area contributed by atoms with Crippen molar-refractivity contribution in [2.24, 2.45) is 0 Å². The van der Waals surface area contributed by atoms with Crippen molar-refractivity contribution in [3.63, 3.8) is 0 Å². The van der Waals surface area contributed by atoms with Crippen LogP contribution >= 0.6 is 0 Å². The molecule has 2 atom stereocenters. The fourth-order valence-electron chi connectivity index (χ4n) is 2.17. The molecule has 0 radical (unpaired) electrons. The van der Waals surface area contributed by atoms with E-state index >= 15 is 0 Å². The lowest BCUT2D eigenvalue weighted by Gasteiger charge is -2.34. The fraction of sp³-hybridized carbons (Fsp3) is 0.357. The molecule has 84 valence electrons. The maximum Gasteiger partial charge on any atom is 0.172 e. The SMILES string of the molecule is C[C@H](c1ccccc1)N1CC=CC(=O)[C@@H]1C. The molecule has 16 heavy (non-hydrogen) atoms. The van der Waals surface area contributed by atoms with E-state index in [9.17, 15) is 4.79 Å². The standard InChI is InChI=1S/C14H17NO/c1-11(13-7-4-3-5-8-13)15-10-6-9-14(16)12(15)2/h3-9,11-12H,10H2,1-2H3/t11-,12+/m1/s1. The van der Waals surface area contributed by atoms with E-state index in [-0.39, 0.29) is 17.9 Å². The fourth-order valence-corrected chi connectivity index (χ4v) is 2.17. The Bertz CT molecular complexity index is 396. The molecule has 2 nitrogen and oxygen atoms in total. The predicted molar refractivity (Wildman–Crippen MR) is 65.2 cm³/mol. The number of carbonyl (C=O) groups excluding carboxylic acids is 1. The summed E-state index contributed by atoms with van der Waals surface area (Å²) >= 11 is 0. The summed E-state index contributed by atoms with van der Waals surface area (Å²) in [6.07, 6.45) is 3.64. The Hall–Kier alpha value is -1.41. The summed E-state index contributed by atoms with van der Waals surface area (Å²) in [6.45, 7) is 4.98. The van der Waals surface area contributed by atoms with Gasteiger partial charge in [-0.3, -0.25) is 9.69 Å². The van der Waals surface area contributed by atoms with E-state index in [1.807, 2.05) is 31.2 Å². The quantitative estimate of drug-likeness (QED) is 0.755. The van der Waals surface area contributed by atoms with Crippen molar-refractivity contribution < 1.29 is 4.79 Å². The highest BCUT2D eigenvalue weighted by atomic mass is 16.1. The molecule has 0 fully saturated rings. The lowest BCUT2D eigenvalue weighted by Crippen LogP contribution is -2.42. The molecule has 1 aliphatic heterocycles. The Balaban J connectivity index is 2.19. The summed E-state index contributed by atoms with van der Waals surface area (Å²) < 4.78 is 0. The Morgan fingerprint density at radius 3 is 2.69 bits per heavy atom. The molecular weight excluding hydrogens is 198 g/mol. The maximum absolute atomic E-state index is 11.6. The van der Waals surface area contributed by atoms with E-state index in [2.05, 4.69) is 24.0 Å². The van der Waals surface area contributed by atoms with Crippen LogP contribution in [-0.2, 0) is 4.79 Å².